The Morgan fingerprint density at radius 3 is 2.58 bits per heavy atom. The maximum atomic E-state index is 12.2. The van der Waals surface area contributed by atoms with Crippen LogP contribution < -0.4 is 10.6 Å². The van der Waals surface area contributed by atoms with Gasteiger partial charge < -0.3 is 15.1 Å². The third kappa shape index (κ3) is 4.76. The van der Waals surface area contributed by atoms with E-state index in [1.807, 2.05) is 66.7 Å². The SMILES string of the molecule is CC(C)CNC(=O)c1cccc(NCc2ccc(-c3ccccc3)o2)c1. The smallest absolute Gasteiger partial charge is 0.251 e. The van der Waals surface area contributed by atoms with Crippen molar-refractivity contribution in [2.24, 2.45) is 5.92 Å². The molecule has 0 fully saturated rings. The molecule has 0 unspecified atom stereocenters. The number of hydrogen-bond acceptors (Lipinski definition) is 3. The van der Waals surface area contributed by atoms with E-state index in [4.69, 9.17) is 4.42 Å². The average Bonchev–Trinajstić information content (AvgIpc) is 3.14. The Labute approximate surface area is 154 Å². The molecule has 3 rings (SSSR count). The molecule has 2 N–H and O–H groups in total. The summed E-state index contributed by atoms with van der Waals surface area (Å²) >= 11 is 0. The lowest BCUT2D eigenvalue weighted by Crippen LogP contribution is -2.27. The van der Waals surface area contributed by atoms with Gasteiger partial charge in [0.05, 0.1) is 6.54 Å². The molecule has 134 valence electrons. The van der Waals surface area contributed by atoms with Crippen LogP contribution in [0.4, 0.5) is 5.69 Å². The Morgan fingerprint density at radius 1 is 1.00 bits per heavy atom. The van der Waals surface area contributed by atoms with E-state index in [2.05, 4.69) is 24.5 Å². The lowest BCUT2D eigenvalue weighted by atomic mass is 10.1. The van der Waals surface area contributed by atoms with Crippen LogP contribution in [-0.2, 0) is 6.54 Å². The number of benzene rings is 2. The van der Waals surface area contributed by atoms with Gasteiger partial charge in [-0.2, -0.15) is 0 Å². The van der Waals surface area contributed by atoms with Crippen LogP contribution in [0.3, 0.4) is 0 Å². The molecule has 4 nitrogen and oxygen atoms in total. The molecule has 0 saturated carbocycles. The van der Waals surface area contributed by atoms with Crippen LogP contribution in [0, 0.1) is 5.92 Å². The van der Waals surface area contributed by atoms with Gasteiger partial charge >= 0.3 is 0 Å². The molecule has 1 heterocycles. The topological polar surface area (TPSA) is 54.3 Å². The number of amides is 1. The molecule has 1 aromatic heterocycles. The van der Waals surface area contributed by atoms with Crippen molar-refractivity contribution in [1.82, 2.24) is 5.32 Å². The van der Waals surface area contributed by atoms with E-state index >= 15 is 0 Å². The van der Waals surface area contributed by atoms with Crippen LogP contribution in [0.15, 0.2) is 71.1 Å². The number of carbonyl (C=O) groups excluding carboxylic acids is 1. The number of nitrogens with one attached hydrogen (secondary N) is 2. The molecule has 0 saturated heterocycles. The van der Waals surface area contributed by atoms with Gasteiger partial charge in [0, 0.05) is 23.4 Å². The summed E-state index contributed by atoms with van der Waals surface area (Å²) in [5.41, 5.74) is 2.60. The van der Waals surface area contributed by atoms with Crippen LogP contribution >= 0.6 is 0 Å². The van der Waals surface area contributed by atoms with E-state index in [1.54, 1.807) is 0 Å². The molecule has 4 heteroatoms. The number of hydrogen-bond donors (Lipinski definition) is 2. The average molecular weight is 348 g/mol. The van der Waals surface area contributed by atoms with Crippen LogP contribution in [-0.4, -0.2) is 12.5 Å². The molecule has 26 heavy (non-hydrogen) atoms. The van der Waals surface area contributed by atoms with Crippen molar-refractivity contribution in [3.05, 3.63) is 78.1 Å². The molecule has 0 radical (unpaired) electrons. The quantitative estimate of drug-likeness (QED) is 0.635. The second kappa shape index (κ2) is 8.39. The third-order valence-electron chi connectivity index (χ3n) is 3.98. The maximum absolute atomic E-state index is 12.2. The van der Waals surface area contributed by atoms with Gasteiger partial charge in [-0.05, 0) is 36.2 Å². The molecule has 0 aliphatic rings. The van der Waals surface area contributed by atoms with Gasteiger partial charge in [0.2, 0.25) is 0 Å². The lowest BCUT2D eigenvalue weighted by molar-refractivity contribution is 0.0949. The highest BCUT2D eigenvalue weighted by Crippen LogP contribution is 2.22. The lowest BCUT2D eigenvalue weighted by Gasteiger charge is -2.09. The summed E-state index contributed by atoms with van der Waals surface area (Å²) in [5.74, 6) is 2.08. The first-order valence-corrected chi connectivity index (χ1v) is 8.88. The van der Waals surface area contributed by atoms with Crippen molar-refractivity contribution in [3.63, 3.8) is 0 Å². The van der Waals surface area contributed by atoms with Crippen LogP contribution in [0.25, 0.3) is 11.3 Å². The van der Waals surface area contributed by atoms with Gasteiger partial charge in [-0.3, -0.25) is 4.79 Å². The largest absolute Gasteiger partial charge is 0.459 e. The van der Waals surface area contributed by atoms with Gasteiger partial charge in [0.25, 0.3) is 5.91 Å². The van der Waals surface area contributed by atoms with E-state index in [0.29, 0.717) is 24.6 Å². The molecule has 1 amide bonds. The van der Waals surface area contributed by atoms with Gasteiger partial charge in [0.1, 0.15) is 11.5 Å². The van der Waals surface area contributed by atoms with E-state index in [0.717, 1.165) is 22.8 Å². The third-order valence-corrected chi connectivity index (χ3v) is 3.98. The number of carbonyl (C=O) groups is 1. The van der Waals surface area contributed by atoms with Crippen LogP contribution in [0.1, 0.15) is 30.0 Å². The van der Waals surface area contributed by atoms with Crippen LogP contribution in [0.5, 0.6) is 0 Å². The van der Waals surface area contributed by atoms with E-state index in [9.17, 15) is 4.79 Å². The zero-order valence-corrected chi connectivity index (χ0v) is 15.2. The summed E-state index contributed by atoms with van der Waals surface area (Å²) in [4.78, 5) is 12.2. The number of furan rings is 1. The minimum absolute atomic E-state index is 0.0493. The van der Waals surface area contributed by atoms with Gasteiger partial charge in [-0.25, -0.2) is 0 Å². The molecule has 0 aliphatic carbocycles. The summed E-state index contributed by atoms with van der Waals surface area (Å²) in [6, 6.07) is 21.5. The minimum atomic E-state index is -0.0493. The summed E-state index contributed by atoms with van der Waals surface area (Å²) in [5, 5.41) is 6.25. The number of rotatable bonds is 7. The zero-order valence-electron chi connectivity index (χ0n) is 15.2. The zero-order chi connectivity index (χ0) is 18.4. The summed E-state index contributed by atoms with van der Waals surface area (Å²) in [6.45, 7) is 5.38. The van der Waals surface area contributed by atoms with Crippen molar-refractivity contribution in [2.45, 2.75) is 20.4 Å². The Balaban J connectivity index is 1.61. The highest BCUT2D eigenvalue weighted by Gasteiger charge is 2.08. The monoisotopic (exact) mass is 348 g/mol. The van der Waals surface area contributed by atoms with Crippen molar-refractivity contribution in [1.29, 1.82) is 0 Å². The maximum Gasteiger partial charge on any atom is 0.251 e. The molecule has 0 aliphatic heterocycles. The summed E-state index contributed by atoms with van der Waals surface area (Å²) < 4.78 is 5.89. The Kier molecular flexibility index (Phi) is 5.74. The molecule has 3 aromatic rings. The standard InChI is InChI=1S/C22H24N2O2/c1-16(2)14-24-22(25)18-9-6-10-19(13-18)23-15-20-11-12-21(26-20)17-7-4-3-5-8-17/h3-13,16,23H,14-15H2,1-2H3,(H,24,25). The molecule has 0 atom stereocenters. The second-order valence-electron chi connectivity index (χ2n) is 6.67. The molecule has 2 aromatic carbocycles. The highest BCUT2D eigenvalue weighted by atomic mass is 16.3. The second-order valence-corrected chi connectivity index (χ2v) is 6.67. The van der Waals surface area contributed by atoms with Crippen molar-refractivity contribution >= 4 is 11.6 Å². The highest BCUT2D eigenvalue weighted by molar-refractivity contribution is 5.95. The normalized spacial score (nSPS) is 10.7. The summed E-state index contributed by atoms with van der Waals surface area (Å²) in [6.07, 6.45) is 0. The first-order valence-electron chi connectivity index (χ1n) is 8.88. The molecular weight excluding hydrogens is 324 g/mol. The fourth-order valence-electron chi connectivity index (χ4n) is 2.59. The van der Waals surface area contributed by atoms with Crippen molar-refractivity contribution in [3.8, 4) is 11.3 Å². The van der Waals surface area contributed by atoms with Gasteiger partial charge in [-0.1, -0.05) is 50.2 Å². The van der Waals surface area contributed by atoms with Crippen molar-refractivity contribution < 1.29 is 9.21 Å². The van der Waals surface area contributed by atoms with Crippen molar-refractivity contribution in [2.75, 3.05) is 11.9 Å². The molecule has 0 bridgehead atoms. The predicted octanol–water partition coefficient (Wildman–Crippen LogP) is 4.94. The Hall–Kier alpha value is -3.01. The van der Waals surface area contributed by atoms with Gasteiger partial charge in [0.15, 0.2) is 0 Å². The molecule has 0 spiro atoms. The predicted molar refractivity (Wildman–Crippen MR) is 105 cm³/mol. The minimum Gasteiger partial charge on any atom is -0.459 e. The first-order chi connectivity index (χ1) is 12.6. The fraction of sp³-hybridized carbons (Fsp3) is 0.227. The first kappa shape index (κ1) is 17.8. The Bertz CT molecular complexity index is 853. The van der Waals surface area contributed by atoms with E-state index in [-0.39, 0.29) is 5.91 Å². The summed E-state index contributed by atoms with van der Waals surface area (Å²) in [7, 11) is 0. The van der Waals surface area contributed by atoms with Gasteiger partial charge in [-0.15, -0.1) is 0 Å². The Morgan fingerprint density at radius 2 is 1.81 bits per heavy atom. The molecular formula is C22H24N2O2. The fourth-order valence-corrected chi connectivity index (χ4v) is 2.59. The van der Waals surface area contributed by atoms with E-state index in [1.165, 1.54) is 0 Å². The number of anilines is 1. The van der Waals surface area contributed by atoms with E-state index < -0.39 is 0 Å². The van der Waals surface area contributed by atoms with Crippen LogP contribution in [0.2, 0.25) is 0 Å².